The topological polar surface area (TPSA) is 125 Å². The highest BCUT2D eigenvalue weighted by atomic mass is 19.4. The van der Waals surface area contributed by atoms with Crippen LogP contribution in [0.1, 0.15) is 46.6 Å². The first-order valence-electron chi connectivity index (χ1n) is 10.6. The number of nitrogens with one attached hydrogen (secondary N) is 1. The molecule has 0 bridgehead atoms. The number of nitriles is 1. The molecule has 4 rings (SSSR count). The van der Waals surface area contributed by atoms with Crippen LogP contribution in [0.4, 0.5) is 13.2 Å². The van der Waals surface area contributed by atoms with Crippen LogP contribution in [0.2, 0.25) is 0 Å². The number of aromatic amines is 1. The van der Waals surface area contributed by atoms with E-state index in [-0.39, 0.29) is 39.6 Å². The number of halogens is 3. The zero-order valence-electron chi connectivity index (χ0n) is 19.0. The van der Waals surface area contributed by atoms with Crippen molar-refractivity contribution in [2.75, 3.05) is 0 Å². The molecule has 10 heteroatoms. The SMILES string of the molecule is Cc1[nH]nc2c1C(c1cc(-c3cccc(C(=O)O)c3)cc(C(F)(F)F)c1)(C(C)C)C(C#N)=C(N)O2. The summed E-state index contributed by atoms with van der Waals surface area (Å²) in [5.41, 5.74) is 5.14. The molecule has 4 N–H and O–H groups in total. The van der Waals surface area contributed by atoms with Crippen LogP contribution in [0.15, 0.2) is 53.9 Å². The van der Waals surface area contributed by atoms with Gasteiger partial charge in [0, 0.05) is 5.69 Å². The summed E-state index contributed by atoms with van der Waals surface area (Å²) in [6.07, 6.45) is -4.71. The van der Waals surface area contributed by atoms with Gasteiger partial charge in [-0.25, -0.2) is 4.79 Å². The van der Waals surface area contributed by atoms with Gasteiger partial charge in [-0.3, -0.25) is 5.10 Å². The lowest BCUT2D eigenvalue weighted by atomic mass is 9.61. The van der Waals surface area contributed by atoms with Crippen LogP contribution in [-0.2, 0) is 11.6 Å². The van der Waals surface area contributed by atoms with E-state index in [1.165, 1.54) is 30.3 Å². The molecule has 0 amide bonds. The van der Waals surface area contributed by atoms with E-state index in [1.54, 1.807) is 20.8 Å². The van der Waals surface area contributed by atoms with Gasteiger partial charge in [0.25, 0.3) is 0 Å². The maximum absolute atomic E-state index is 14.1. The number of aromatic nitrogens is 2. The Hall–Kier alpha value is -4.26. The fourth-order valence-electron chi connectivity index (χ4n) is 4.78. The lowest BCUT2D eigenvalue weighted by Gasteiger charge is -2.41. The number of carbonyl (C=O) groups is 1. The second kappa shape index (κ2) is 8.20. The molecule has 1 aliphatic rings. The zero-order valence-corrected chi connectivity index (χ0v) is 19.0. The van der Waals surface area contributed by atoms with Crippen molar-refractivity contribution in [3.63, 3.8) is 0 Å². The van der Waals surface area contributed by atoms with Crippen molar-refractivity contribution < 1.29 is 27.8 Å². The van der Waals surface area contributed by atoms with Crippen molar-refractivity contribution in [2.24, 2.45) is 11.7 Å². The lowest BCUT2D eigenvalue weighted by molar-refractivity contribution is -0.137. The van der Waals surface area contributed by atoms with Gasteiger partial charge in [-0.2, -0.15) is 18.4 Å². The number of carboxylic acids is 1. The van der Waals surface area contributed by atoms with Gasteiger partial charge in [0.1, 0.15) is 11.6 Å². The Balaban J connectivity index is 2.13. The van der Waals surface area contributed by atoms with E-state index in [0.29, 0.717) is 11.3 Å². The predicted octanol–water partition coefficient (Wildman–Crippen LogP) is 5.13. The maximum Gasteiger partial charge on any atom is 0.416 e. The number of aromatic carboxylic acids is 1. The zero-order chi connectivity index (χ0) is 25.7. The smallest absolute Gasteiger partial charge is 0.416 e. The Kier molecular flexibility index (Phi) is 5.59. The van der Waals surface area contributed by atoms with E-state index >= 15 is 0 Å². The second-order valence-corrected chi connectivity index (χ2v) is 8.63. The quantitative estimate of drug-likeness (QED) is 0.473. The molecule has 2 heterocycles. The van der Waals surface area contributed by atoms with E-state index in [9.17, 15) is 28.3 Å². The highest BCUT2D eigenvalue weighted by Crippen LogP contribution is 2.53. The maximum atomic E-state index is 14.1. The van der Waals surface area contributed by atoms with Crippen molar-refractivity contribution in [2.45, 2.75) is 32.4 Å². The fourth-order valence-corrected chi connectivity index (χ4v) is 4.78. The molecule has 0 radical (unpaired) electrons. The largest absolute Gasteiger partial charge is 0.478 e. The van der Waals surface area contributed by atoms with Crippen LogP contribution in [0, 0.1) is 24.2 Å². The molecule has 2 aromatic carbocycles. The van der Waals surface area contributed by atoms with Crippen LogP contribution in [-0.4, -0.2) is 21.3 Å². The standard InChI is InChI=1S/C25H21F3N4O3/c1-12(2)24(19(11-29)21(30)35-22-20(24)13(3)31-32-22)17-8-16(9-18(10-17)25(26,27)28)14-5-4-6-15(7-14)23(33)34/h4-10,12H,30H2,1-3H3,(H,31,32)(H,33,34). The average molecular weight is 482 g/mol. The van der Waals surface area contributed by atoms with E-state index in [1.807, 2.05) is 0 Å². The molecule has 180 valence electrons. The number of allylic oxidation sites excluding steroid dienone is 1. The minimum atomic E-state index is -4.71. The number of rotatable bonds is 4. The fraction of sp³-hybridized carbons (Fsp3) is 0.240. The van der Waals surface area contributed by atoms with Crippen molar-refractivity contribution in [1.29, 1.82) is 5.26 Å². The highest BCUT2D eigenvalue weighted by molar-refractivity contribution is 5.89. The molecular formula is C25H21F3N4O3. The summed E-state index contributed by atoms with van der Waals surface area (Å²) < 4.78 is 47.8. The van der Waals surface area contributed by atoms with Crippen molar-refractivity contribution in [3.8, 4) is 23.1 Å². The van der Waals surface area contributed by atoms with Crippen LogP contribution in [0.5, 0.6) is 5.88 Å². The van der Waals surface area contributed by atoms with Gasteiger partial charge in [-0.15, -0.1) is 5.10 Å². The molecule has 0 saturated carbocycles. The number of aryl methyl sites for hydroxylation is 1. The first kappa shape index (κ1) is 23.9. The summed E-state index contributed by atoms with van der Waals surface area (Å²) in [5.74, 6) is -1.81. The van der Waals surface area contributed by atoms with Crippen molar-refractivity contribution >= 4 is 5.97 Å². The van der Waals surface area contributed by atoms with E-state index in [2.05, 4.69) is 16.3 Å². The molecule has 7 nitrogen and oxygen atoms in total. The first-order chi connectivity index (χ1) is 16.4. The van der Waals surface area contributed by atoms with Crippen molar-refractivity contribution in [1.82, 2.24) is 10.2 Å². The number of ether oxygens (including phenoxy) is 1. The number of H-pyrrole nitrogens is 1. The highest BCUT2D eigenvalue weighted by Gasteiger charge is 2.51. The summed E-state index contributed by atoms with van der Waals surface area (Å²) >= 11 is 0. The number of nitrogens with two attached hydrogens (primary N) is 1. The van der Waals surface area contributed by atoms with E-state index in [4.69, 9.17) is 10.5 Å². The van der Waals surface area contributed by atoms with Gasteiger partial charge in [0.15, 0.2) is 0 Å². The van der Waals surface area contributed by atoms with Crippen LogP contribution >= 0.6 is 0 Å². The Bertz CT molecular complexity index is 1420. The molecule has 3 aromatic rings. The molecule has 0 spiro atoms. The molecule has 0 fully saturated rings. The second-order valence-electron chi connectivity index (χ2n) is 8.63. The van der Waals surface area contributed by atoms with Gasteiger partial charge >= 0.3 is 12.1 Å². The van der Waals surface area contributed by atoms with Gasteiger partial charge in [0.05, 0.1) is 22.1 Å². The lowest BCUT2D eigenvalue weighted by Crippen LogP contribution is -2.41. The number of hydrogen-bond acceptors (Lipinski definition) is 5. The average Bonchev–Trinajstić information content (AvgIpc) is 3.17. The van der Waals surface area contributed by atoms with E-state index in [0.717, 1.165) is 12.1 Å². The number of alkyl halides is 3. The molecule has 1 unspecified atom stereocenters. The Morgan fingerprint density at radius 3 is 2.54 bits per heavy atom. The molecule has 1 atom stereocenters. The normalized spacial score (nSPS) is 17.7. The third kappa shape index (κ3) is 3.69. The number of benzene rings is 2. The third-order valence-electron chi connectivity index (χ3n) is 6.29. The predicted molar refractivity (Wildman–Crippen MR) is 120 cm³/mol. The van der Waals surface area contributed by atoms with Crippen molar-refractivity contribution in [3.05, 3.63) is 81.9 Å². The number of hydrogen-bond donors (Lipinski definition) is 3. The Morgan fingerprint density at radius 1 is 1.23 bits per heavy atom. The van der Waals surface area contributed by atoms with Gasteiger partial charge < -0.3 is 15.6 Å². The van der Waals surface area contributed by atoms with Gasteiger partial charge in [-0.05, 0) is 59.9 Å². The molecule has 0 aliphatic carbocycles. The summed E-state index contributed by atoms with van der Waals surface area (Å²) in [6, 6.07) is 11.2. The third-order valence-corrected chi connectivity index (χ3v) is 6.29. The minimum absolute atomic E-state index is 0.0333. The molecule has 0 saturated heterocycles. The summed E-state index contributed by atoms with van der Waals surface area (Å²) in [6.45, 7) is 5.24. The molecular weight excluding hydrogens is 461 g/mol. The van der Waals surface area contributed by atoms with Crippen LogP contribution in [0.25, 0.3) is 11.1 Å². The van der Waals surface area contributed by atoms with Gasteiger partial charge in [-0.1, -0.05) is 26.0 Å². The van der Waals surface area contributed by atoms with Crippen LogP contribution < -0.4 is 10.5 Å². The van der Waals surface area contributed by atoms with Crippen LogP contribution in [0.3, 0.4) is 0 Å². The summed E-state index contributed by atoms with van der Waals surface area (Å²) in [7, 11) is 0. The minimum Gasteiger partial charge on any atom is -0.478 e. The van der Waals surface area contributed by atoms with E-state index < -0.39 is 29.0 Å². The monoisotopic (exact) mass is 482 g/mol. The van der Waals surface area contributed by atoms with Gasteiger partial charge in [0.2, 0.25) is 11.8 Å². The number of carboxylic acid groups (broad SMARTS) is 1. The summed E-state index contributed by atoms with van der Waals surface area (Å²) in [4.78, 5) is 11.5. The first-order valence-corrected chi connectivity index (χ1v) is 10.6. The molecule has 1 aromatic heterocycles. The number of fused-ring (bicyclic) bond motifs is 1. The molecule has 35 heavy (non-hydrogen) atoms. The number of nitrogens with zero attached hydrogens (tertiary/aromatic N) is 2. The Morgan fingerprint density at radius 2 is 1.94 bits per heavy atom. The Labute approximate surface area is 198 Å². The molecule has 1 aliphatic heterocycles. The summed E-state index contributed by atoms with van der Waals surface area (Å²) in [5, 5.41) is 26.3.